The van der Waals surface area contributed by atoms with Crippen LogP contribution >= 0.6 is 0 Å². The van der Waals surface area contributed by atoms with Gasteiger partial charge in [-0.25, -0.2) is 0 Å². The molecule has 1 spiro atoms. The molecule has 2 rings (SSSR count). The van der Waals surface area contributed by atoms with Gasteiger partial charge < -0.3 is 14.6 Å². The van der Waals surface area contributed by atoms with Crippen molar-refractivity contribution in [2.45, 2.75) is 30.6 Å². The van der Waals surface area contributed by atoms with E-state index in [0.29, 0.717) is 32.7 Å². The van der Waals surface area contributed by atoms with E-state index in [1.54, 1.807) is 0 Å². The Morgan fingerprint density at radius 1 is 1.43 bits per heavy atom. The van der Waals surface area contributed by atoms with E-state index in [1.165, 1.54) is 0 Å². The molecule has 0 radical (unpaired) electrons. The van der Waals surface area contributed by atoms with E-state index in [9.17, 15) is 5.11 Å². The van der Waals surface area contributed by atoms with Crippen molar-refractivity contribution in [3.63, 3.8) is 0 Å². The Morgan fingerprint density at radius 2 is 2.14 bits per heavy atom. The number of aliphatic hydroxyl groups is 1. The average Bonchev–Trinajstić information content (AvgIpc) is 2.50. The molecule has 2 aliphatic heterocycles. The van der Waals surface area contributed by atoms with Gasteiger partial charge >= 0.3 is 0 Å². The van der Waals surface area contributed by atoms with Gasteiger partial charge in [0.1, 0.15) is 0 Å². The highest BCUT2D eigenvalue weighted by atomic mass is 16.5. The fourth-order valence-electron chi connectivity index (χ4n) is 2.10. The molecular weight excluding hydrogens is 186 g/mol. The van der Waals surface area contributed by atoms with Crippen LogP contribution in [0, 0.1) is 0 Å². The van der Waals surface area contributed by atoms with Gasteiger partial charge in [0.25, 0.3) is 0 Å². The zero-order valence-corrected chi connectivity index (χ0v) is 7.80. The van der Waals surface area contributed by atoms with Gasteiger partial charge in [0, 0.05) is 31.0 Å². The molecule has 2 fully saturated rings. The van der Waals surface area contributed by atoms with Crippen LogP contribution in [-0.4, -0.2) is 42.7 Å². The van der Waals surface area contributed by atoms with Crippen LogP contribution < -0.4 is 0 Å². The van der Waals surface area contributed by atoms with Crippen molar-refractivity contribution in [3.05, 3.63) is 10.4 Å². The van der Waals surface area contributed by atoms with Gasteiger partial charge in [0.15, 0.2) is 0 Å². The van der Waals surface area contributed by atoms with Gasteiger partial charge in [-0.05, 0) is 5.53 Å². The molecule has 1 N–H and O–H groups in total. The summed E-state index contributed by atoms with van der Waals surface area (Å²) >= 11 is 0. The largest absolute Gasteiger partial charge is 0.390 e. The molecule has 14 heavy (non-hydrogen) atoms. The highest BCUT2D eigenvalue weighted by molar-refractivity contribution is 5.01. The molecule has 0 aromatic carbocycles. The summed E-state index contributed by atoms with van der Waals surface area (Å²) in [5.74, 6) is 0. The predicted octanol–water partition coefficient (Wildman–Crippen LogP) is 0.606. The summed E-state index contributed by atoms with van der Waals surface area (Å²) in [6, 6.07) is -0.446. The molecule has 78 valence electrons. The Kier molecular flexibility index (Phi) is 2.60. The molecule has 0 amide bonds. The lowest BCUT2D eigenvalue weighted by Crippen LogP contribution is -2.46. The molecule has 6 heteroatoms. The topological polar surface area (TPSA) is 87.5 Å². The lowest BCUT2D eigenvalue weighted by molar-refractivity contribution is -0.119. The van der Waals surface area contributed by atoms with E-state index in [-0.39, 0.29) is 0 Å². The summed E-state index contributed by atoms with van der Waals surface area (Å²) in [6.07, 6.45) is 0.652. The minimum Gasteiger partial charge on any atom is -0.390 e. The highest BCUT2D eigenvalue weighted by Gasteiger charge is 2.49. The van der Waals surface area contributed by atoms with Crippen molar-refractivity contribution < 1.29 is 14.6 Å². The van der Waals surface area contributed by atoms with Crippen LogP contribution in [0.4, 0.5) is 0 Å². The monoisotopic (exact) mass is 199 g/mol. The molecule has 0 aliphatic carbocycles. The van der Waals surface area contributed by atoms with Gasteiger partial charge in [-0.15, -0.1) is 0 Å². The van der Waals surface area contributed by atoms with Crippen molar-refractivity contribution >= 4 is 0 Å². The van der Waals surface area contributed by atoms with Crippen LogP contribution in [0.5, 0.6) is 0 Å². The van der Waals surface area contributed by atoms with E-state index in [1.807, 2.05) is 0 Å². The van der Waals surface area contributed by atoms with Gasteiger partial charge in [-0.1, -0.05) is 5.11 Å². The van der Waals surface area contributed by atoms with E-state index in [0.717, 1.165) is 0 Å². The third-order valence-electron chi connectivity index (χ3n) is 2.98. The first-order chi connectivity index (χ1) is 6.78. The Morgan fingerprint density at radius 3 is 2.79 bits per heavy atom. The summed E-state index contributed by atoms with van der Waals surface area (Å²) in [5.41, 5.74) is 7.77. The van der Waals surface area contributed by atoms with Crippen LogP contribution in [0.2, 0.25) is 0 Å². The average molecular weight is 199 g/mol. The molecule has 2 heterocycles. The molecule has 0 aromatic heterocycles. The summed E-state index contributed by atoms with van der Waals surface area (Å²) < 4.78 is 10.8. The summed E-state index contributed by atoms with van der Waals surface area (Å²) in [6.45, 7) is 1.51. The molecule has 0 bridgehead atoms. The predicted molar refractivity (Wildman–Crippen MR) is 47.7 cm³/mol. The number of nitrogens with zero attached hydrogens (tertiary/aromatic N) is 3. The number of aliphatic hydroxyl groups excluding tert-OH is 1. The Hall–Kier alpha value is -0.810. The van der Waals surface area contributed by atoms with Gasteiger partial charge in [0.2, 0.25) is 0 Å². The fraction of sp³-hybridized carbons (Fsp3) is 1.00. The van der Waals surface area contributed by atoms with Gasteiger partial charge in [-0.3, -0.25) is 0 Å². The van der Waals surface area contributed by atoms with Crippen LogP contribution in [0.15, 0.2) is 5.11 Å². The molecule has 2 atom stereocenters. The normalized spacial score (nSPS) is 35.5. The Labute approximate surface area is 81.4 Å². The standard InChI is InChI=1S/C8H13N3O3/c9-11-10-6-5-14-8(7(6)12)1-3-13-4-2-8/h6-7,12H,1-5H2/t6-,7+/m0/s1. The molecule has 6 nitrogen and oxygen atoms in total. The van der Waals surface area contributed by atoms with Crippen molar-refractivity contribution in [1.29, 1.82) is 0 Å². The molecule has 0 saturated carbocycles. The number of rotatable bonds is 1. The first-order valence-electron chi connectivity index (χ1n) is 4.72. The first-order valence-corrected chi connectivity index (χ1v) is 4.72. The zero-order chi connectivity index (χ0) is 10.0. The minimum atomic E-state index is -0.692. The second-order valence-electron chi connectivity index (χ2n) is 3.71. The molecule has 0 aromatic rings. The number of ether oxygens (including phenoxy) is 2. The van der Waals surface area contributed by atoms with E-state index < -0.39 is 17.7 Å². The maximum Gasteiger partial charge on any atom is 0.0989 e. The molecule has 2 aliphatic rings. The van der Waals surface area contributed by atoms with Gasteiger partial charge in [-0.2, -0.15) is 0 Å². The van der Waals surface area contributed by atoms with Crippen LogP contribution in [-0.2, 0) is 9.47 Å². The summed E-state index contributed by atoms with van der Waals surface area (Å²) in [5, 5.41) is 13.5. The van der Waals surface area contributed by atoms with Crippen molar-refractivity contribution in [2.75, 3.05) is 19.8 Å². The van der Waals surface area contributed by atoms with E-state index in [4.69, 9.17) is 15.0 Å². The fourth-order valence-corrected chi connectivity index (χ4v) is 2.10. The van der Waals surface area contributed by atoms with Crippen LogP contribution in [0.25, 0.3) is 10.4 Å². The first kappa shape index (κ1) is 9.73. The lowest BCUT2D eigenvalue weighted by Gasteiger charge is -2.35. The van der Waals surface area contributed by atoms with Crippen LogP contribution in [0.1, 0.15) is 12.8 Å². The maximum absolute atomic E-state index is 9.95. The highest BCUT2D eigenvalue weighted by Crippen LogP contribution is 2.36. The van der Waals surface area contributed by atoms with Crippen molar-refractivity contribution in [1.82, 2.24) is 0 Å². The smallest absolute Gasteiger partial charge is 0.0989 e. The van der Waals surface area contributed by atoms with E-state index >= 15 is 0 Å². The summed E-state index contributed by atoms with van der Waals surface area (Å²) in [4.78, 5) is 2.70. The number of azide groups is 1. The number of hydrogen-bond acceptors (Lipinski definition) is 4. The molecule has 2 saturated heterocycles. The van der Waals surface area contributed by atoms with Crippen molar-refractivity contribution in [2.24, 2.45) is 5.11 Å². The van der Waals surface area contributed by atoms with Gasteiger partial charge in [0.05, 0.1) is 24.4 Å². The molecular formula is C8H13N3O3. The van der Waals surface area contributed by atoms with Crippen molar-refractivity contribution in [3.8, 4) is 0 Å². The third kappa shape index (κ3) is 1.46. The Balaban J connectivity index is 2.10. The third-order valence-corrected chi connectivity index (χ3v) is 2.98. The second kappa shape index (κ2) is 3.74. The maximum atomic E-state index is 9.95. The van der Waals surface area contributed by atoms with Crippen LogP contribution in [0.3, 0.4) is 0 Å². The minimum absolute atomic E-state index is 0.311. The second-order valence-corrected chi connectivity index (χ2v) is 3.71. The SMILES string of the molecule is [N-]=[N+]=N[C@H]1COC2(CCOCC2)[C@@H]1O. The Bertz CT molecular complexity index is 259. The number of hydrogen-bond donors (Lipinski definition) is 1. The zero-order valence-electron chi connectivity index (χ0n) is 7.80. The molecule has 0 unspecified atom stereocenters. The quantitative estimate of drug-likeness (QED) is 0.381. The van der Waals surface area contributed by atoms with E-state index in [2.05, 4.69) is 10.0 Å². The lowest BCUT2D eigenvalue weighted by atomic mass is 9.87. The summed E-state index contributed by atoms with van der Waals surface area (Å²) in [7, 11) is 0.